The Balaban J connectivity index is 1.99. The average molecular weight is 261 g/mol. The number of piperidine rings is 1. The van der Waals surface area contributed by atoms with Gasteiger partial charge in [0.1, 0.15) is 0 Å². The lowest BCUT2D eigenvalue weighted by molar-refractivity contribution is -0.119. The molecule has 0 aromatic heterocycles. The lowest BCUT2D eigenvalue weighted by Gasteiger charge is -2.35. The first kappa shape index (κ1) is 13.9. The zero-order valence-corrected chi connectivity index (χ0v) is 11.8. The van der Waals surface area contributed by atoms with Gasteiger partial charge in [0.2, 0.25) is 5.91 Å². The first-order valence-corrected chi connectivity index (χ1v) is 6.95. The lowest BCUT2D eigenvalue weighted by atomic mass is 10.0. The van der Waals surface area contributed by atoms with Gasteiger partial charge < -0.3 is 15.5 Å². The Labute approximate surface area is 115 Å². The van der Waals surface area contributed by atoms with E-state index in [1.54, 1.807) is 6.92 Å². The van der Waals surface area contributed by atoms with Crippen LogP contribution in [0.5, 0.6) is 0 Å². The fraction of sp³-hybridized carbons (Fsp3) is 0.533. The van der Waals surface area contributed by atoms with Crippen molar-refractivity contribution < 1.29 is 4.79 Å². The monoisotopic (exact) mass is 261 g/mol. The van der Waals surface area contributed by atoms with E-state index in [0.29, 0.717) is 6.04 Å². The molecular formula is C15H23N3O. The molecule has 1 saturated heterocycles. The predicted octanol–water partition coefficient (Wildman–Crippen LogP) is 1.51. The minimum atomic E-state index is 0.0778. The Morgan fingerprint density at radius 1 is 1.32 bits per heavy atom. The highest BCUT2D eigenvalue weighted by Gasteiger charge is 2.20. The number of carbonyl (C=O) groups excluding carboxylic acids is 1. The molecule has 1 aliphatic heterocycles. The highest BCUT2D eigenvalue weighted by Crippen LogP contribution is 2.24. The minimum absolute atomic E-state index is 0.0778. The largest absolute Gasteiger partial charge is 0.371 e. The normalized spacial score (nSPS) is 16.4. The van der Waals surface area contributed by atoms with Crippen LogP contribution in [-0.2, 0) is 11.3 Å². The van der Waals surface area contributed by atoms with Crippen molar-refractivity contribution in [2.45, 2.75) is 32.4 Å². The van der Waals surface area contributed by atoms with Crippen LogP contribution in [0, 0.1) is 0 Å². The average Bonchev–Trinajstić information content (AvgIpc) is 2.40. The number of hydrogen-bond acceptors (Lipinski definition) is 3. The summed E-state index contributed by atoms with van der Waals surface area (Å²) in [6.45, 7) is 4.49. The molecule has 1 heterocycles. The van der Waals surface area contributed by atoms with Gasteiger partial charge in [-0.05, 0) is 31.5 Å². The number of amides is 1. The van der Waals surface area contributed by atoms with Crippen LogP contribution in [0.15, 0.2) is 24.3 Å². The van der Waals surface area contributed by atoms with E-state index in [1.165, 1.54) is 11.3 Å². The van der Waals surface area contributed by atoms with Crippen LogP contribution < -0.4 is 15.5 Å². The van der Waals surface area contributed by atoms with Crippen LogP contribution in [0.3, 0.4) is 0 Å². The molecule has 0 radical (unpaired) electrons. The van der Waals surface area contributed by atoms with Gasteiger partial charge in [0, 0.05) is 38.3 Å². The number of hydrogen-bond donors (Lipinski definition) is 2. The fourth-order valence-electron chi connectivity index (χ4n) is 2.71. The summed E-state index contributed by atoms with van der Waals surface area (Å²) in [5, 5.41) is 6.23. The zero-order valence-electron chi connectivity index (χ0n) is 11.8. The van der Waals surface area contributed by atoms with Crippen LogP contribution in [-0.4, -0.2) is 32.1 Å². The number of rotatable bonds is 4. The molecule has 4 nitrogen and oxygen atoms in total. The molecule has 0 saturated carbocycles. The van der Waals surface area contributed by atoms with Gasteiger partial charge in [-0.3, -0.25) is 4.79 Å². The Morgan fingerprint density at radius 3 is 2.63 bits per heavy atom. The van der Waals surface area contributed by atoms with E-state index in [-0.39, 0.29) is 5.91 Å². The van der Waals surface area contributed by atoms with Crippen LogP contribution in [0.2, 0.25) is 0 Å². The number of carbonyl (C=O) groups is 1. The molecule has 0 unspecified atom stereocenters. The van der Waals surface area contributed by atoms with Crippen LogP contribution in [0.4, 0.5) is 5.69 Å². The van der Waals surface area contributed by atoms with E-state index >= 15 is 0 Å². The van der Waals surface area contributed by atoms with Crippen molar-refractivity contribution in [2.75, 3.05) is 25.0 Å². The first-order chi connectivity index (χ1) is 9.20. The summed E-state index contributed by atoms with van der Waals surface area (Å²) < 4.78 is 0. The maximum Gasteiger partial charge on any atom is 0.217 e. The Hall–Kier alpha value is -1.55. The van der Waals surface area contributed by atoms with E-state index in [1.807, 2.05) is 7.05 Å². The summed E-state index contributed by atoms with van der Waals surface area (Å²) in [4.78, 5) is 13.5. The molecule has 0 bridgehead atoms. The van der Waals surface area contributed by atoms with Crippen molar-refractivity contribution in [1.29, 1.82) is 0 Å². The smallest absolute Gasteiger partial charge is 0.217 e. The highest BCUT2D eigenvalue weighted by molar-refractivity contribution is 5.73. The van der Waals surface area contributed by atoms with Crippen molar-refractivity contribution in [2.24, 2.45) is 0 Å². The highest BCUT2D eigenvalue weighted by atomic mass is 16.1. The van der Waals surface area contributed by atoms with Gasteiger partial charge in [-0.25, -0.2) is 0 Å². The number of nitrogens with zero attached hydrogens (tertiary/aromatic N) is 1. The van der Waals surface area contributed by atoms with Gasteiger partial charge in [0.15, 0.2) is 0 Å². The van der Waals surface area contributed by atoms with E-state index in [9.17, 15) is 4.79 Å². The number of benzene rings is 1. The van der Waals surface area contributed by atoms with E-state index in [0.717, 1.165) is 32.5 Å². The molecule has 2 rings (SSSR count). The summed E-state index contributed by atoms with van der Waals surface area (Å²) >= 11 is 0. The molecule has 1 amide bonds. The Kier molecular flexibility index (Phi) is 4.80. The Bertz CT molecular complexity index is 425. The van der Waals surface area contributed by atoms with Crippen LogP contribution >= 0.6 is 0 Å². The predicted molar refractivity (Wildman–Crippen MR) is 78.3 cm³/mol. The molecule has 4 heteroatoms. The number of nitrogens with one attached hydrogen (secondary N) is 2. The number of para-hydroxylation sites is 1. The van der Waals surface area contributed by atoms with Gasteiger partial charge in [0.05, 0.1) is 0 Å². The summed E-state index contributed by atoms with van der Waals surface area (Å²) in [7, 11) is 1.97. The molecule has 1 fully saturated rings. The van der Waals surface area contributed by atoms with Crippen LogP contribution in [0.1, 0.15) is 25.3 Å². The quantitative estimate of drug-likeness (QED) is 0.863. The molecule has 2 N–H and O–H groups in total. The van der Waals surface area contributed by atoms with Gasteiger partial charge in [0.25, 0.3) is 0 Å². The molecule has 1 aromatic rings. The van der Waals surface area contributed by atoms with Gasteiger partial charge in [-0.15, -0.1) is 0 Å². The molecule has 1 aromatic carbocycles. The van der Waals surface area contributed by atoms with Gasteiger partial charge in [-0.2, -0.15) is 0 Å². The topological polar surface area (TPSA) is 44.4 Å². The van der Waals surface area contributed by atoms with Crippen molar-refractivity contribution >= 4 is 11.6 Å². The van der Waals surface area contributed by atoms with Crippen LogP contribution in [0.25, 0.3) is 0 Å². The maximum atomic E-state index is 11.1. The minimum Gasteiger partial charge on any atom is -0.371 e. The third-order valence-corrected chi connectivity index (χ3v) is 3.60. The second-order valence-electron chi connectivity index (χ2n) is 5.12. The van der Waals surface area contributed by atoms with Crippen molar-refractivity contribution in [3.05, 3.63) is 29.8 Å². The summed E-state index contributed by atoms with van der Waals surface area (Å²) in [6.07, 6.45) is 2.04. The SMILES string of the molecule is CNCc1ccccc1N1CCC(NC(C)=O)CC1. The standard InChI is InChI=1S/C15H23N3O/c1-12(19)17-14-7-9-18(10-8-14)15-6-4-3-5-13(15)11-16-2/h3-6,14,16H,7-11H2,1-2H3,(H,17,19). The van der Waals surface area contributed by atoms with Gasteiger partial charge >= 0.3 is 0 Å². The first-order valence-electron chi connectivity index (χ1n) is 6.95. The maximum absolute atomic E-state index is 11.1. The molecule has 0 spiro atoms. The van der Waals surface area contributed by atoms with Crippen molar-refractivity contribution in [1.82, 2.24) is 10.6 Å². The number of anilines is 1. The second-order valence-corrected chi connectivity index (χ2v) is 5.12. The zero-order chi connectivity index (χ0) is 13.7. The molecule has 0 atom stereocenters. The molecule has 0 aliphatic carbocycles. The summed E-state index contributed by atoms with van der Waals surface area (Å²) in [5.41, 5.74) is 2.65. The third-order valence-electron chi connectivity index (χ3n) is 3.60. The summed E-state index contributed by atoms with van der Waals surface area (Å²) in [6, 6.07) is 8.87. The van der Waals surface area contributed by atoms with Crippen molar-refractivity contribution in [3.8, 4) is 0 Å². The third kappa shape index (κ3) is 3.70. The molecule has 1 aliphatic rings. The fourth-order valence-corrected chi connectivity index (χ4v) is 2.71. The second kappa shape index (κ2) is 6.57. The van der Waals surface area contributed by atoms with Gasteiger partial charge in [-0.1, -0.05) is 18.2 Å². The lowest BCUT2D eigenvalue weighted by Crippen LogP contribution is -2.44. The van der Waals surface area contributed by atoms with Crippen molar-refractivity contribution in [3.63, 3.8) is 0 Å². The molecular weight excluding hydrogens is 238 g/mol. The van der Waals surface area contributed by atoms with E-state index in [2.05, 4.69) is 39.8 Å². The molecule has 19 heavy (non-hydrogen) atoms. The Morgan fingerprint density at radius 2 is 2.00 bits per heavy atom. The van der Waals surface area contributed by atoms with E-state index in [4.69, 9.17) is 0 Å². The summed E-state index contributed by atoms with van der Waals surface area (Å²) in [5.74, 6) is 0.0778. The molecule has 104 valence electrons. The van der Waals surface area contributed by atoms with E-state index < -0.39 is 0 Å².